The predicted octanol–water partition coefficient (Wildman–Crippen LogP) is 1.85. The van der Waals surface area contributed by atoms with Crippen molar-refractivity contribution in [2.75, 3.05) is 5.32 Å². The highest BCUT2D eigenvalue weighted by molar-refractivity contribution is 5.97. The van der Waals surface area contributed by atoms with E-state index in [4.69, 9.17) is 5.11 Å². The van der Waals surface area contributed by atoms with Crippen LogP contribution in [0.25, 0.3) is 10.9 Å². The summed E-state index contributed by atoms with van der Waals surface area (Å²) in [4.78, 5) is 10.9. The zero-order valence-electron chi connectivity index (χ0n) is 9.47. The molecule has 2 aromatic rings. The lowest BCUT2D eigenvalue weighted by atomic mass is 10.1. The minimum atomic E-state index is -0.909. The number of nitrogens with zero attached hydrogens (tertiary/aromatic N) is 2. The molecule has 1 heterocycles. The highest BCUT2D eigenvalue weighted by atomic mass is 16.4. The van der Waals surface area contributed by atoms with Gasteiger partial charge in [-0.1, -0.05) is 0 Å². The molecule has 0 spiro atoms. The van der Waals surface area contributed by atoms with Crippen molar-refractivity contribution in [2.24, 2.45) is 7.05 Å². The summed E-state index contributed by atoms with van der Waals surface area (Å²) >= 11 is 0. The zero-order chi connectivity index (χ0) is 12.0. The number of nitrogens with one attached hydrogen (secondary N) is 1. The van der Waals surface area contributed by atoms with Crippen LogP contribution in [0.3, 0.4) is 0 Å². The van der Waals surface area contributed by atoms with E-state index in [-0.39, 0.29) is 0 Å². The van der Waals surface area contributed by atoms with E-state index in [1.807, 2.05) is 7.05 Å². The van der Waals surface area contributed by atoms with Gasteiger partial charge in [0.1, 0.15) is 0 Å². The summed E-state index contributed by atoms with van der Waals surface area (Å²) in [6, 6.07) is 5.58. The first-order valence-corrected chi connectivity index (χ1v) is 5.62. The van der Waals surface area contributed by atoms with Crippen LogP contribution in [0.15, 0.2) is 18.2 Å². The van der Waals surface area contributed by atoms with E-state index < -0.39 is 5.97 Å². The molecule has 1 saturated carbocycles. The van der Waals surface area contributed by atoms with Crippen LogP contribution in [0.2, 0.25) is 0 Å². The van der Waals surface area contributed by atoms with Gasteiger partial charge in [0.2, 0.25) is 0 Å². The summed E-state index contributed by atoms with van der Waals surface area (Å²) in [5.41, 5.74) is 1.24. The quantitative estimate of drug-likeness (QED) is 0.845. The lowest BCUT2D eigenvalue weighted by molar-refractivity contribution is 0.0697. The number of hydrogen-bond acceptors (Lipinski definition) is 3. The largest absolute Gasteiger partial charge is 0.478 e. The molecule has 0 radical (unpaired) electrons. The number of carbonyl (C=O) groups is 1. The third-order valence-electron chi connectivity index (χ3n) is 3.02. The SMILES string of the molecule is Cn1nc(NC2CC2)c2cc(C(=O)O)ccc21. The van der Waals surface area contributed by atoms with E-state index in [0.717, 1.165) is 29.6 Å². The molecular weight excluding hydrogens is 218 g/mol. The first-order chi connectivity index (χ1) is 8.15. The molecule has 0 aliphatic heterocycles. The van der Waals surface area contributed by atoms with Gasteiger partial charge in [0.15, 0.2) is 5.82 Å². The molecule has 1 aliphatic rings. The standard InChI is InChI=1S/C12H13N3O2/c1-15-10-5-2-7(12(16)17)6-9(10)11(14-15)13-8-3-4-8/h2,5-6,8H,3-4H2,1H3,(H,13,14)(H,16,17). The number of carboxylic acids is 1. The molecule has 1 aromatic carbocycles. The van der Waals surface area contributed by atoms with Crippen LogP contribution < -0.4 is 5.32 Å². The number of fused-ring (bicyclic) bond motifs is 1. The van der Waals surface area contributed by atoms with Crippen LogP contribution in [0.4, 0.5) is 5.82 Å². The molecule has 0 amide bonds. The van der Waals surface area contributed by atoms with Crippen LogP contribution >= 0.6 is 0 Å². The Balaban J connectivity index is 2.13. The molecule has 2 N–H and O–H groups in total. The number of aryl methyl sites for hydroxylation is 1. The molecule has 1 aromatic heterocycles. The summed E-state index contributed by atoms with van der Waals surface area (Å²) in [6.07, 6.45) is 2.33. The van der Waals surface area contributed by atoms with Gasteiger partial charge in [-0.3, -0.25) is 4.68 Å². The van der Waals surface area contributed by atoms with Crippen molar-refractivity contribution in [1.29, 1.82) is 0 Å². The topological polar surface area (TPSA) is 67.2 Å². The molecule has 0 unspecified atom stereocenters. The Kier molecular flexibility index (Phi) is 2.07. The molecule has 0 atom stereocenters. The Morgan fingerprint density at radius 3 is 2.94 bits per heavy atom. The van der Waals surface area contributed by atoms with Crippen LogP contribution in [0, 0.1) is 0 Å². The molecule has 0 saturated heterocycles. The average Bonchev–Trinajstić information content (AvgIpc) is 3.05. The average molecular weight is 231 g/mol. The molecule has 3 rings (SSSR count). The molecule has 5 heteroatoms. The Hall–Kier alpha value is -2.04. The van der Waals surface area contributed by atoms with E-state index in [1.165, 1.54) is 0 Å². The van der Waals surface area contributed by atoms with Gasteiger partial charge < -0.3 is 10.4 Å². The first kappa shape index (κ1) is 10.1. The summed E-state index contributed by atoms with van der Waals surface area (Å²) in [6.45, 7) is 0. The maximum absolute atomic E-state index is 10.9. The second kappa shape index (κ2) is 3.48. The van der Waals surface area contributed by atoms with Crippen molar-refractivity contribution in [2.45, 2.75) is 18.9 Å². The number of aromatic nitrogens is 2. The number of anilines is 1. The van der Waals surface area contributed by atoms with E-state index in [0.29, 0.717) is 11.6 Å². The Labute approximate surface area is 98.0 Å². The molecule has 5 nitrogen and oxygen atoms in total. The Bertz CT molecular complexity index is 599. The van der Waals surface area contributed by atoms with Gasteiger partial charge in [-0.15, -0.1) is 0 Å². The van der Waals surface area contributed by atoms with Gasteiger partial charge in [-0.05, 0) is 31.0 Å². The highest BCUT2D eigenvalue weighted by Gasteiger charge is 2.23. The molecule has 17 heavy (non-hydrogen) atoms. The monoisotopic (exact) mass is 231 g/mol. The molecule has 1 aliphatic carbocycles. The summed E-state index contributed by atoms with van der Waals surface area (Å²) in [5, 5.41) is 17.6. The third-order valence-corrected chi connectivity index (χ3v) is 3.02. The van der Waals surface area contributed by atoms with Crippen molar-refractivity contribution in [3.05, 3.63) is 23.8 Å². The molecular formula is C12H13N3O2. The normalized spacial score (nSPS) is 15.1. The number of rotatable bonds is 3. The Morgan fingerprint density at radius 2 is 2.29 bits per heavy atom. The summed E-state index contributed by atoms with van der Waals surface area (Å²) in [5.74, 6) is -0.124. The van der Waals surface area contributed by atoms with Crippen molar-refractivity contribution in [3.8, 4) is 0 Å². The van der Waals surface area contributed by atoms with Gasteiger partial charge in [0, 0.05) is 18.5 Å². The second-order valence-electron chi connectivity index (χ2n) is 4.43. The third kappa shape index (κ3) is 1.73. The Morgan fingerprint density at radius 1 is 1.53 bits per heavy atom. The molecule has 88 valence electrons. The highest BCUT2D eigenvalue weighted by Crippen LogP contribution is 2.29. The van der Waals surface area contributed by atoms with Crippen molar-refractivity contribution >= 4 is 22.7 Å². The number of aromatic carboxylic acids is 1. The number of carboxylic acid groups (broad SMARTS) is 1. The lowest BCUT2D eigenvalue weighted by Gasteiger charge is -2.00. The summed E-state index contributed by atoms with van der Waals surface area (Å²) < 4.78 is 1.77. The summed E-state index contributed by atoms with van der Waals surface area (Å²) in [7, 11) is 1.86. The second-order valence-corrected chi connectivity index (χ2v) is 4.43. The van der Waals surface area contributed by atoms with Crippen LogP contribution in [-0.2, 0) is 7.05 Å². The maximum atomic E-state index is 10.9. The van der Waals surface area contributed by atoms with Gasteiger partial charge in [-0.25, -0.2) is 4.79 Å². The smallest absolute Gasteiger partial charge is 0.335 e. The van der Waals surface area contributed by atoms with E-state index in [9.17, 15) is 4.79 Å². The van der Waals surface area contributed by atoms with Gasteiger partial charge in [0.25, 0.3) is 0 Å². The van der Waals surface area contributed by atoms with Gasteiger partial charge >= 0.3 is 5.97 Å². The minimum Gasteiger partial charge on any atom is -0.478 e. The van der Waals surface area contributed by atoms with Crippen LogP contribution in [-0.4, -0.2) is 26.9 Å². The first-order valence-electron chi connectivity index (χ1n) is 5.62. The maximum Gasteiger partial charge on any atom is 0.335 e. The minimum absolute atomic E-state index is 0.296. The van der Waals surface area contributed by atoms with Crippen molar-refractivity contribution in [1.82, 2.24) is 9.78 Å². The van der Waals surface area contributed by atoms with Crippen LogP contribution in [0.5, 0.6) is 0 Å². The van der Waals surface area contributed by atoms with Gasteiger partial charge in [-0.2, -0.15) is 5.10 Å². The predicted molar refractivity (Wildman–Crippen MR) is 64.3 cm³/mol. The molecule has 0 bridgehead atoms. The van der Waals surface area contributed by atoms with Crippen LogP contribution in [0.1, 0.15) is 23.2 Å². The van der Waals surface area contributed by atoms with E-state index in [2.05, 4.69) is 10.4 Å². The number of hydrogen-bond donors (Lipinski definition) is 2. The molecule has 1 fully saturated rings. The lowest BCUT2D eigenvalue weighted by Crippen LogP contribution is -2.02. The fraction of sp³-hybridized carbons (Fsp3) is 0.333. The van der Waals surface area contributed by atoms with Crippen molar-refractivity contribution < 1.29 is 9.90 Å². The van der Waals surface area contributed by atoms with Gasteiger partial charge in [0.05, 0.1) is 11.1 Å². The number of benzene rings is 1. The van der Waals surface area contributed by atoms with E-state index >= 15 is 0 Å². The zero-order valence-corrected chi connectivity index (χ0v) is 9.47. The fourth-order valence-corrected chi connectivity index (χ4v) is 1.93. The van der Waals surface area contributed by atoms with Crippen molar-refractivity contribution in [3.63, 3.8) is 0 Å². The fourth-order valence-electron chi connectivity index (χ4n) is 1.93. The van der Waals surface area contributed by atoms with E-state index in [1.54, 1.807) is 22.9 Å².